The Morgan fingerprint density at radius 1 is 1.33 bits per heavy atom. The number of para-hydroxylation sites is 1. The second kappa shape index (κ2) is 5.98. The lowest BCUT2D eigenvalue weighted by Gasteiger charge is -2.31. The molecule has 1 heterocycles. The van der Waals surface area contributed by atoms with Crippen molar-refractivity contribution in [2.45, 2.75) is 53.2 Å². The number of fused-ring (bicyclic) bond motifs is 1. The van der Waals surface area contributed by atoms with Gasteiger partial charge in [0.05, 0.1) is 0 Å². The second-order valence-corrected chi connectivity index (χ2v) is 7.62. The number of benzene rings is 1. The Labute approximate surface area is 129 Å². The van der Waals surface area contributed by atoms with Crippen molar-refractivity contribution in [1.29, 1.82) is 0 Å². The van der Waals surface area contributed by atoms with Crippen LogP contribution in [0.1, 0.15) is 45.7 Å². The predicted octanol–water partition coefficient (Wildman–Crippen LogP) is 3.21. The fourth-order valence-corrected chi connectivity index (χ4v) is 2.99. The maximum absolute atomic E-state index is 6.18. The normalized spacial score (nSPS) is 16.9. The van der Waals surface area contributed by atoms with Gasteiger partial charge in [0.15, 0.2) is 0 Å². The number of hydrogen-bond acceptors (Lipinski definition) is 3. The molecule has 118 valence electrons. The Kier molecular flexibility index (Phi) is 4.64. The molecule has 1 aliphatic rings. The summed E-state index contributed by atoms with van der Waals surface area (Å²) in [6.45, 7) is 14.6. The molecular formula is C18H30N2O. The predicted molar refractivity (Wildman–Crippen MR) is 88.6 cm³/mol. The minimum atomic E-state index is -0.0774. The van der Waals surface area contributed by atoms with Crippen molar-refractivity contribution in [3.05, 3.63) is 29.3 Å². The summed E-state index contributed by atoms with van der Waals surface area (Å²) < 4.78 is 6.18. The molecule has 0 saturated heterocycles. The molecule has 1 aromatic carbocycles. The van der Waals surface area contributed by atoms with Gasteiger partial charge in [-0.3, -0.25) is 4.90 Å². The third kappa shape index (κ3) is 3.98. The molecule has 0 amide bonds. The topological polar surface area (TPSA) is 38.5 Å². The van der Waals surface area contributed by atoms with Crippen molar-refractivity contribution in [1.82, 2.24) is 4.90 Å². The molecule has 0 unspecified atom stereocenters. The number of nitrogens with zero attached hydrogens (tertiary/aromatic N) is 1. The van der Waals surface area contributed by atoms with Crippen LogP contribution in [0.5, 0.6) is 5.75 Å². The van der Waals surface area contributed by atoms with Gasteiger partial charge in [-0.25, -0.2) is 0 Å². The molecule has 2 N–H and O–H groups in total. The first-order chi connectivity index (χ1) is 9.76. The van der Waals surface area contributed by atoms with E-state index in [1.165, 1.54) is 11.1 Å². The number of nitrogens with two attached hydrogens (primary N) is 1. The van der Waals surface area contributed by atoms with Crippen LogP contribution in [-0.4, -0.2) is 30.1 Å². The lowest BCUT2D eigenvalue weighted by Crippen LogP contribution is -2.38. The Hall–Kier alpha value is -1.06. The summed E-state index contributed by atoms with van der Waals surface area (Å²) in [4.78, 5) is 2.46. The van der Waals surface area contributed by atoms with Crippen LogP contribution in [-0.2, 0) is 13.0 Å². The monoisotopic (exact) mass is 290 g/mol. The highest BCUT2D eigenvalue weighted by Gasteiger charge is 2.32. The van der Waals surface area contributed by atoms with Gasteiger partial charge in [-0.2, -0.15) is 0 Å². The van der Waals surface area contributed by atoms with Gasteiger partial charge in [0.1, 0.15) is 11.4 Å². The average Bonchev–Trinajstić information content (AvgIpc) is 2.73. The van der Waals surface area contributed by atoms with E-state index in [1.54, 1.807) is 0 Å². The van der Waals surface area contributed by atoms with Crippen LogP contribution in [0, 0.1) is 5.41 Å². The van der Waals surface area contributed by atoms with Crippen LogP contribution in [0.4, 0.5) is 0 Å². The largest absolute Gasteiger partial charge is 0.487 e. The summed E-state index contributed by atoms with van der Waals surface area (Å²) in [6.07, 6.45) is 0.997. The molecule has 0 atom stereocenters. The molecule has 0 spiro atoms. The van der Waals surface area contributed by atoms with Gasteiger partial charge in [-0.1, -0.05) is 39.0 Å². The van der Waals surface area contributed by atoms with Gasteiger partial charge >= 0.3 is 0 Å². The molecule has 3 nitrogen and oxygen atoms in total. The maximum atomic E-state index is 6.18. The van der Waals surface area contributed by atoms with Crippen LogP contribution in [0.3, 0.4) is 0 Å². The van der Waals surface area contributed by atoms with Crippen LogP contribution in [0.2, 0.25) is 0 Å². The summed E-state index contributed by atoms with van der Waals surface area (Å²) in [6, 6.07) is 6.53. The van der Waals surface area contributed by atoms with Crippen LogP contribution >= 0.6 is 0 Å². The molecule has 0 aromatic heterocycles. The highest BCUT2D eigenvalue weighted by atomic mass is 16.5. The Morgan fingerprint density at radius 2 is 2.05 bits per heavy atom. The highest BCUT2D eigenvalue weighted by molar-refractivity contribution is 5.45. The molecule has 0 bridgehead atoms. The summed E-state index contributed by atoms with van der Waals surface area (Å²) in [5.74, 6) is 1.10. The zero-order valence-corrected chi connectivity index (χ0v) is 14.2. The minimum absolute atomic E-state index is 0.0774. The van der Waals surface area contributed by atoms with Crippen LogP contribution < -0.4 is 10.5 Å². The highest BCUT2D eigenvalue weighted by Crippen LogP contribution is 2.38. The summed E-state index contributed by atoms with van der Waals surface area (Å²) in [7, 11) is 0. The number of ether oxygens (including phenoxy) is 1. The van der Waals surface area contributed by atoms with Crippen molar-refractivity contribution >= 4 is 0 Å². The summed E-state index contributed by atoms with van der Waals surface area (Å²) in [5, 5.41) is 0. The van der Waals surface area contributed by atoms with E-state index in [2.05, 4.69) is 57.7 Å². The van der Waals surface area contributed by atoms with E-state index >= 15 is 0 Å². The SMILES string of the molecule is CCN(Cc1cccc2c1OC(C)(C)C2)CC(C)(C)CN. The first-order valence-corrected chi connectivity index (χ1v) is 7.98. The molecule has 1 aromatic rings. The lowest BCUT2D eigenvalue weighted by molar-refractivity contribution is 0.133. The zero-order valence-electron chi connectivity index (χ0n) is 14.2. The van der Waals surface area contributed by atoms with E-state index in [0.29, 0.717) is 6.54 Å². The third-order valence-electron chi connectivity index (χ3n) is 4.22. The Balaban J connectivity index is 2.15. The molecule has 2 rings (SSSR count). The van der Waals surface area contributed by atoms with Crippen molar-refractivity contribution in [3.63, 3.8) is 0 Å². The second-order valence-electron chi connectivity index (χ2n) is 7.62. The van der Waals surface area contributed by atoms with E-state index in [0.717, 1.165) is 31.8 Å². The molecule has 3 heteroatoms. The van der Waals surface area contributed by atoms with E-state index in [4.69, 9.17) is 10.5 Å². The molecule has 0 saturated carbocycles. The van der Waals surface area contributed by atoms with Crippen molar-refractivity contribution in [2.24, 2.45) is 11.1 Å². The Morgan fingerprint density at radius 3 is 2.67 bits per heavy atom. The van der Waals surface area contributed by atoms with Crippen LogP contribution in [0.25, 0.3) is 0 Å². The fourth-order valence-electron chi connectivity index (χ4n) is 2.99. The molecular weight excluding hydrogens is 260 g/mol. The first kappa shape index (κ1) is 16.3. The lowest BCUT2D eigenvalue weighted by atomic mass is 9.93. The summed E-state index contributed by atoms with van der Waals surface area (Å²) in [5.41, 5.74) is 8.58. The standard InChI is InChI=1S/C18H30N2O/c1-6-20(13-17(2,3)12-19)11-15-9-7-8-14-10-18(4,5)21-16(14)15/h7-9H,6,10-13,19H2,1-5H3. The van der Waals surface area contributed by atoms with E-state index in [1.807, 2.05) is 0 Å². The molecule has 0 fully saturated rings. The van der Waals surface area contributed by atoms with Gasteiger partial charge in [0.2, 0.25) is 0 Å². The van der Waals surface area contributed by atoms with Crippen molar-refractivity contribution < 1.29 is 4.74 Å². The molecule has 0 radical (unpaired) electrons. The minimum Gasteiger partial charge on any atom is -0.487 e. The van der Waals surface area contributed by atoms with Gasteiger partial charge in [0, 0.05) is 25.1 Å². The molecule has 0 aliphatic carbocycles. The van der Waals surface area contributed by atoms with Crippen molar-refractivity contribution in [2.75, 3.05) is 19.6 Å². The molecule has 1 aliphatic heterocycles. The Bertz CT molecular complexity index is 494. The van der Waals surface area contributed by atoms with Crippen molar-refractivity contribution in [3.8, 4) is 5.75 Å². The zero-order chi connectivity index (χ0) is 15.7. The molecule has 21 heavy (non-hydrogen) atoms. The van der Waals surface area contributed by atoms with E-state index in [9.17, 15) is 0 Å². The maximum Gasteiger partial charge on any atom is 0.127 e. The average molecular weight is 290 g/mol. The van der Waals surface area contributed by atoms with E-state index < -0.39 is 0 Å². The fraction of sp³-hybridized carbons (Fsp3) is 0.667. The van der Waals surface area contributed by atoms with Gasteiger partial charge < -0.3 is 10.5 Å². The first-order valence-electron chi connectivity index (χ1n) is 7.98. The smallest absolute Gasteiger partial charge is 0.127 e. The van der Waals surface area contributed by atoms with Gasteiger partial charge in [-0.15, -0.1) is 0 Å². The third-order valence-corrected chi connectivity index (χ3v) is 4.22. The van der Waals surface area contributed by atoms with E-state index in [-0.39, 0.29) is 11.0 Å². The summed E-state index contributed by atoms with van der Waals surface area (Å²) >= 11 is 0. The van der Waals surface area contributed by atoms with Gasteiger partial charge in [0.25, 0.3) is 0 Å². The number of rotatable bonds is 6. The quantitative estimate of drug-likeness (QED) is 0.874. The number of hydrogen-bond donors (Lipinski definition) is 1. The van der Waals surface area contributed by atoms with Gasteiger partial charge in [-0.05, 0) is 37.9 Å². The van der Waals surface area contributed by atoms with Crippen LogP contribution in [0.15, 0.2) is 18.2 Å².